The zero-order chi connectivity index (χ0) is 12.3. The molecule has 3 heteroatoms. The second kappa shape index (κ2) is 5.30. The van der Waals surface area contributed by atoms with Crippen molar-refractivity contribution >= 4 is 17.6 Å². The maximum Gasteiger partial charge on any atom is 0.128 e. The molecule has 1 fully saturated rings. The van der Waals surface area contributed by atoms with E-state index in [1.54, 1.807) is 0 Å². The Morgan fingerprint density at radius 2 is 1.82 bits per heavy atom. The summed E-state index contributed by atoms with van der Waals surface area (Å²) >= 11 is 1.88. The Morgan fingerprint density at radius 1 is 1.12 bits per heavy atom. The van der Waals surface area contributed by atoms with Crippen LogP contribution in [0.25, 0.3) is 0 Å². The van der Waals surface area contributed by atoms with Crippen LogP contribution in [0.2, 0.25) is 0 Å². The molecule has 0 amide bonds. The zero-order valence-corrected chi connectivity index (χ0v) is 11.9. The number of hydrogen-bond acceptors (Lipinski definition) is 3. The van der Waals surface area contributed by atoms with E-state index in [4.69, 9.17) is 0 Å². The minimum atomic E-state index is 0.258. The molecule has 0 bridgehead atoms. The normalized spacial score (nSPS) is 17.2. The van der Waals surface area contributed by atoms with E-state index < -0.39 is 0 Å². The minimum absolute atomic E-state index is 0.258. The van der Waals surface area contributed by atoms with Crippen molar-refractivity contribution in [3.63, 3.8) is 0 Å². The van der Waals surface area contributed by atoms with E-state index in [1.807, 2.05) is 18.0 Å². The number of pyridine rings is 1. The summed E-state index contributed by atoms with van der Waals surface area (Å²) in [5, 5.41) is 0. The van der Waals surface area contributed by atoms with Gasteiger partial charge in [-0.05, 0) is 31.4 Å². The van der Waals surface area contributed by atoms with Crippen molar-refractivity contribution in [1.29, 1.82) is 0 Å². The second-order valence-electron chi connectivity index (χ2n) is 5.61. The van der Waals surface area contributed by atoms with Crippen LogP contribution in [0.15, 0.2) is 23.2 Å². The third-order valence-corrected chi connectivity index (χ3v) is 3.91. The second-order valence-corrected chi connectivity index (χ2v) is 7.51. The Hall–Kier alpha value is -0.700. The molecule has 0 radical (unpaired) electrons. The molecule has 1 aromatic heterocycles. The van der Waals surface area contributed by atoms with Gasteiger partial charge in [0.05, 0.1) is 0 Å². The molecular weight excluding hydrogens is 228 g/mol. The first-order chi connectivity index (χ1) is 8.04. The number of hydrogen-bond donors (Lipinski definition) is 0. The van der Waals surface area contributed by atoms with Crippen LogP contribution < -0.4 is 4.90 Å². The van der Waals surface area contributed by atoms with E-state index in [9.17, 15) is 0 Å². The maximum atomic E-state index is 4.59. The summed E-state index contributed by atoms with van der Waals surface area (Å²) in [6.07, 6.45) is 5.99. The van der Waals surface area contributed by atoms with Crippen molar-refractivity contribution in [3.05, 3.63) is 18.3 Å². The number of anilines is 1. The van der Waals surface area contributed by atoms with E-state index in [2.05, 4.69) is 42.8 Å². The molecule has 2 nitrogen and oxygen atoms in total. The van der Waals surface area contributed by atoms with Gasteiger partial charge in [0, 0.05) is 28.9 Å². The fraction of sp³-hybridized carbons (Fsp3) is 0.643. The van der Waals surface area contributed by atoms with Gasteiger partial charge in [-0.2, -0.15) is 0 Å². The van der Waals surface area contributed by atoms with Gasteiger partial charge < -0.3 is 4.90 Å². The van der Waals surface area contributed by atoms with Gasteiger partial charge in [0.2, 0.25) is 0 Å². The molecule has 1 aliphatic rings. The Bertz CT molecular complexity index is 347. The van der Waals surface area contributed by atoms with Crippen molar-refractivity contribution in [2.24, 2.45) is 0 Å². The molecule has 2 rings (SSSR count). The van der Waals surface area contributed by atoms with Crippen molar-refractivity contribution < 1.29 is 0 Å². The van der Waals surface area contributed by atoms with Gasteiger partial charge in [-0.3, -0.25) is 0 Å². The van der Waals surface area contributed by atoms with Crippen LogP contribution in [0.5, 0.6) is 0 Å². The molecule has 0 atom stereocenters. The molecule has 1 saturated heterocycles. The lowest BCUT2D eigenvalue weighted by Gasteiger charge is -2.27. The summed E-state index contributed by atoms with van der Waals surface area (Å²) in [6, 6.07) is 4.37. The van der Waals surface area contributed by atoms with E-state index in [-0.39, 0.29) is 4.75 Å². The van der Waals surface area contributed by atoms with Crippen molar-refractivity contribution in [1.82, 2.24) is 4.98 Å². The number of nitrogens with zero attached hydrogens (tertiary/aromatic N) is 2. The summed E-state index contributed by atoms with van der Waals surface area (Å²) < 4.78 is 0.258. The van der Waals surface area contributed by atoms with E-state index in [0.717, 1.165) is 5.82 Å². The Labute approximate surface area is 109 Å². The molecule has 94 valence electrons. The molecule has 0 N–H and O–H groups in total. The van der Waals surface area contributed by atoms with Gasteiger partial charge in [0.1, 0.15) is 5.82 Å². The average Bonchev–Trinajstić information content (AvgIpc) is 2.29. The SMILES string of the molecule is CC(C)(C)Sc1ccc(N2CCCCC2)nc1. The molecule has 2 heterocycles. The highest BCUT2D eigenvalue weighted by Crippen LogP contribution is 2.32. The lowest BCUT2D eigenvalue weighted by molar-refractivity contribution is 0.573. The number of aromatic nitrogens is 1. The Morgan fingerprint density at radius 3 is 2.35 bits per heavy atom. The van der Waals surface area contributed by atoms with Crippen molar-refractivity contribution in [2.75, 3.05) is 18.0 Å². The van der Waals surface area contributed by atoms with Gasteiger partial charge in [0.25, 0.3) is 0 Å². The topological polar surface area (TPSA) is 16.1 Å². The van der Waals surface area contributed by atoms with Gasteiger partial charge in [-0.25, -0.2) is 4.98 Å². The summed E-state index contributed by atoms with van der Waals surface area (Å²) in [7, 11) is 0. The first-order valence-electron chi connectivity index (χ1n) is 6.45. The lowest BCUT2D eigenvalue weighted by Crippen LogP contribution is -2.30. The van der Waals surface area contributed by atoms with Crippen molar-refractivity contribution in [3.8, 4) is 0 Å². The molecule has 1 aromatic rings. The molecular formula is C14H22N2S. The number of piperidine rings is 1. The van der Waals surface area contributed by atoms with Gasteiger partial charge in [-0.15, -0.1) is 11.8 Å². The summed E-state index contributed by atoms with van der Waals surface area (Å²) in [5.74, 6) is 1.14. The van der Waals surface area contributed by atoms with E-state index >= 15 is 0 Å². The highest BCUT2D eigenvalue weighted by Gasteiger charge is 2.14. The van der Waals surface area contributed by atoms with Gasteiger partial charge in [-0.1, -0.05) is 20.8 Å². The van der Waals surface area contributed by atoms with Crippen LogP contribution in [-0.2, 0) is 0 Å². The predicted octanol–water partition coefficient (Wildman–Crippen LogP) is 3.96. The van der Waals surface area contributed by atoms with Crippen LogP contribution in [-0.4, -0.2) is 22.8 Å². The van der Waals surface area contributed by atoms with Crippen LogP contribution in [0.3, 0.4) is 0 Å². The molecule has 0 aliphatic carbocycles. The van der Waals surface area contributed by atoms with Gasteiger partial charge in [0.15, 0.2) is 0 Å². The lowest BCUT2D eigenvalue weighted by atomic mass is 10.1. The van der Waals surface area contributed by atoms with Crippen molar-refractivity contribution in [2.45, 2.75) is 49.7 Å². The van der Waals surface area contributed by atoms with Crippen LogP contribution in [0.4, 0.5) is 5.82 Å². The fourth-order valence-electron chi connectivity index (χ4n) is 2.10. The first-order valence-corrected chi connectivity index (χ1v) is 7.26. The number of rotatable bonds is 2. The third kappa shape index (κ3) is 3.91. The van der Waals surface area contributed by atoms with Crippen LogP contribution in [0.1, 0.15) is 40.0 Å². The summed E-state index contributed by atoms with van der Waals surface area (Å²) in [4.78, 5) is 8.25. The standard InChI is InChI=1S/C14H22N2S/c1-14(2,3)17-12-7-8-13(15-11-12)16-9-5-4-6-10-16/h7-8,11H,4-6,9-10H2,1-3H3. The van der Waals surface area contributed by atoms with Crippen LogP contribution in [0, 0.1) is 0 Å². The minimum Gasteiger partial charge on any atom is -0.357 e. The van der Waals surface area contributed by atoms with Crippen LogP contribution >= 0.6 is 11.8 Å². The summed E-state index contributed by atoms with van der Waals surface area (Å²) in [5.41, 5.74) is 0. The molecule has 0 spiro atoms. The zero-order valence-electron chi connectivity index (χ0n) is 11.1. The quantitative estimate of drug-likeness (QED) is 0.739. The highest BCUT2D eigenvalue weighted by atomic mass is 32.2. The molecule has 0 saturated carbocycles. The Kier molecular flexibility index (Phi) is 3.97. The van der Waals surface area contributed by atoms with E-state index in [0.29, 0.717) is 0 Å². The predicted molar refractivity (Wildman–Crippen MR) is 75.9 cm³/mol. The summed E-state index contributed by atoms with van der Waals surface area (Å²) in [6.45, 7) is 9.03. The van der Waals surface area contributed by atoms with Gasteiger partial charge >= 0.3 is 0 Å². The average molecular weight is 250 g/mol. The largest absolute Gasteiger partial charge is 0.357 e. The highest BCUT2D eigenvalue weighted by molar-refractivity contribution is 8.00. The molecule has 0 aromatic carbocycles. The first kappa shape index (κ1) is 12.7. The smallest absolute Gasteiger partial charge is 0.128 e. The Balaban J connectivity index is 2.02. The fourth-order valence-corrected chi connectivity index (χ4v) is 3.05. The number of thioether (sulfide) groups is 1. The third-order valence-electron chi connectivity index (χ3n) is 2.82. The van der Waals surface area contributed by atoms with E-state index in [1.165, 1.54) is 37.2 Å². The molecule has 0 unspecified atom stereocenters. The maximum absolute atomic E-state index is 4.59. The monoisotopic (exact) mass is 250 g/mol. The molecule has 1 aliphatic heterocycles. The molecule has 17 heavy (non-hydrogen) atoms.